The topological polar surface area (TPSA) is 49.3 Å². The predicted octanol–water partition coefficient (Wildman–Crippen LogP) is 2.65. The highest BCUT2D eigenvalue weighted by atomic mass is 32.2. The average molecular weight is 287 g/mol. The molecule has 0 aliphatic heterocycles. The van der Waals surface area contributed by atoms with Gasteiger partial charge < -0.3 is 10.4 Å². The van der Waals surface area contributed by atoms with Crippen LogP contribution in [0.1, 0.15) is 19.3 Å². The Hall–Kier alpha value is -1.14. The van der Waals surface area contributed by atoms with E-state index in [0.717, 1.165) is 18.9 Å². The second-order valence-corrected chi connectivity index (χ2v) is 5.68. The number of hydrogen-bond acceptors (Lipinski definition) is 3. The number of carboxylic acid groups (broad SMARTS) is 1. The van der Waals surface area contributed by atoms with E-state index in [2.05, 4.69) is 5.32 Å². The van der Waals surface area contributed by atoms with E-state index in [9.17, 15) is 13.6 Å². The smallest absolute Gasteiger partial charge is 0.320 e. The van der Waals surface area contributed by atoms with E-state index in [1.54, 1.807) is 0 Å². The van der Waals surface area contributed by atoms with Crippen molar-refractivity contribution in [1.82, 2.24) is 5.32 Å². The quantitative estimate of drug-likeness (QED) is 0.757. The van der Waals surface area contributed by atoms with E-state index in [1.165, 1.54) is 23.9 Å². The molecule has 2 N–H and O–H groups in total. The fourth-order valence-corrected chi connectivity index (χ4v) is 2.63. The van der Waals surface area contributed by atoms with Gasteiger partial charge in [-0.2, -0.15) is 0 Å². The zero-order valence-electron chi connectivity index (χ0n) is 10.2. The van der Waals surface area contributed by atoms with E-state index < -0.39 is 23.6 Å². The molecule has 0 aromatic heterocycles. The van der Waals surface area contributed by atoms with Crippen LogP contribution in [0.4, 0.5) is 8.78 Å². The maximum atomic E-state index is 13.4. The first-order chi connectivity index (χ1) is 9.06. The molecule has 1 atom stereocenters. The Kier molecular flexibility index (Phi) is 4.76. The highest BCUT2D eigenvalue weighted by Gasteiger charge is 2.27. The number of thioether (sulfide) groups is 1. The summed E-state index contributed by atoms with van der Waals surface area (Å²) < 4.78 is 26.1. The van der Waals surface area contributed by atoms with Gasteiger partial charge in [0.1, 0.15) is 17.7 Å². The van der Waals surface area contributed by atoms with Gasteiger partial charge in [-0.05, 0) is 31.4 Å². The molecule has 0 bridgehead atoms. The maximum Gasteiger partial charge on any atom is 0.320 e. The molecule has 1 aromatic carbocycles. The van der Waals surface area contributed by atoms with Crippen LogP contribution in [0.3, 0.4) is 0 Å². The van der Waals surface area contributed by atoms with Crippen molar-refractivity contribution in [3.8, 4) is 0 Å². The maximum absolute atomic E-state index is 13.4. The summed E-state index contributed by atoms with van der Waals surface area (Å²) in [6.07, 6.45) is 2.44. The number of hydrogen-bond donors (Lipinski definition) is 2. The number of benzene rings is 1. The van der Waals surface area contributed by atoms with Crippen LogP contribution >= 0.6 is 11.8 Å². The first kappa shape index (κ1) is 14.3. The van der Waals surface area contributed by atoms with Crippen molar-refractivity contribution in [1.29, 1.82) is 0 Å². The molecule has 19 heavy (non-hydrogen) atoms. The Morgan fingerprint density at radius 3 is 2.79 bits per heavy atom. The highest BCUT2D eigenvalue weighted by Crippen LogP contribution is 2.24. The van der Waals surface area contributed by atoms with Crippen LogP contribution in [0, 0.1) is 11.6 Å². The molecular formula is C13H15F2NO2S. The lowest BCUT2D eigenvalue weighted by Gasteiger charge is -2.13. The van der Waals surface area contributed by atoms with Gasteiger partial charge in [-0.25, -0.2) is 8.78 Å². The Bertz CT molecular complexity index is 466. The molecule has 0 radical (unpaired) electrons. The first-order valence-electron chi connectivity index (χ1n) is 6.13. The second-order valence-electron chi connectivity index (χ2n) is 4.54. The van der Waals surface area contributed by atoms with Crippen molar-refractivity contribution in [3.05, 3.63) is 29.8 Å². The van der Waals surface area contributed by atoms with Gasteiger partial charge >= 0.3 is 5.97 Å². The van der Waals surface area contributed by atoms with Gasteiger partial charge in [0.15, 0.2) is 0 Å². The molecule has 1 aromatic rings. The van der Waals surface area contributed by atoms with E-state index in [0.29, 0.717) is 23.1 Å². The number of carbonyl (C=O) groups is 1. The third-order valence-electron chi connectivity index (χ3n) is 2.87. The number of carboxylic acids is 1. The van der Waals surface area contributed by atoms with Crippen molar-refractivity contribution >= 4 is 17.7 Å². The van der Waals surface area contributed by atoms with Crippen LogP contribution in [-0.4, -0.2) is 28.9 Å². The summed E-state index contributed by atoms with van der Waals surface area (Å²) in [6, 6.07) is 3.12. The molecular weight excluding hydrogens is 272 g/mol. The molecule has 1 unspecified atom stereocenters. The molecule has 1 aliphatic rings. The summed E-state index contributed by atoms with van der Waals surface area (Å²) in [7, 11) is 0. The van der Waals surface area contributed by atoms with Crippen LogP contribution in [-0.2, 0) is 4.79 Å². The molecule has 3 nitrogen and oxygen atoms in total. The third kappa shape index (κ3) is 4.47. The summed E-state index contributed by atoms with van der Waals surface area (Å²) in [4.78, 5) is 11.4. The standard InChI is InChI=1S/C13H15F2NO2S/c14-8-1-4-12(10(15)7-8)19-6-5-11(13(17)18)16-9-2-3-9/h1,4,7,9,11,16H,2-3,5-6H2,(H,17,18). The minimum atomic E-state index is -0.882. The number of aliphatic carboxylic acids is 1. The lowest BCUT2D eigenvalue weighted by atomic mass is 10.2. The minimum Gasteiger partial charge on any atom is -0.480 e. The van der Waals surface area contributed by atoms with Crippen molar-refractivity contribution in [3.63, 3.8) is 0 Å². The van der Waals surface area contributed by atoms with E-state index in [-0.39, 0.29) is 0 Å². The summed E-state index contributed by atoms with van der Waals surface area (Å²) in [5, 5.41) is 12.1. The molecule has 0 heterocycles. The van der Waals surface area contributed by atoms with Gasteiger partial charge in [0, 0.05) is 22.8 Å². The van der Waals surface area contributed by atoms with Crippen molar-refractivity contribution < 1.29 is 18.7 Å². The Morgan fingerprint density at radius 2 is 2.21 bits per heavy atom. The van der Waals surface area contributed by atoms with Gasteiger partial charge in [-0.1, -0.05) is 0 Å². The van der Waals surface area contributed by atoms with Crippen molar-refractivity contribution in [2.45, 2.75) is 36.2 Å². The largest absolute Gasteiger partial charge is 0.480 e. The molecule has 2 rings (SSSR count). The first-order valence-corrected chi connectivity index (χ1v) is 7.11. The molecule has 0 saturated heterocycles. The number of nitrogens with one attached hydrogen (secondary N) is 1. The molecule has 0 spiro atoms. The highest BCUT2D eigenvalue weighted by molar-refractivity contribution is 7.99. The third-order valence-corrected chi connectivity index (χ3v) is 3.95. The zero-order valence-corrected chi connectivity index (χ0v) is 11.1. The Morgan fingerprint density at radius 1 is 1.47 bits per heavy atom. The van der Waals surface area contributed by atoms with Crippen molar-refractivity contribution in [2.75, 3.05) is 5.75 Å². The second kappa shape index (κ2) is 6.34. The van der Waals surface area contributed by atoms with Crippen LogP contribution in [0.25, 0.3) is 0 Å². The number of halogens is 2. The molecule has 104 valence electrons. The fourth-order valence-electron chi connectivity index (χ4n) is 1.69. The minimum absolute atomic E-state index is 0.314. The summed E-state index contributed by atoms with van der Waals surface area (Å²) in [5.41, 5.74) is 0. The lowest BCUT2D eigenvalue weighted by molar-refractivity contribution is -0.139. The van der Waals surface area contributed by atoms with Crippen LogP contribution < -0.4 is 5.32 Å². The average Bonchev–Trinajstić information content (AvgIpc) is 3.14. The monoisotopic (exact) mass is 287 g/mol. The van der Waals surface area contributed by atoms with Gasteiger partial charge in [0.2, 0.25) is 0 Å². The zero-order chi connectivity index (χ0) is 13.8. The van der Waals surface area contributed by atoms with Crippen LogP contribution in [0.5, 0.6) is 0 Å². The van der Waals surface area contributed by atoms with E-state index in [4.69, 9.17) is 5.11 Å². The molecule has 1 fully saturated rings. The Labute approximate surface area is 114 Å². The summed E-state index contributed by atoms with van der Waals surface area (Å²) in [6.45, 7) is 0. The normalized spacial score (nSPS) is 16.3. The molecule has 1 saturated carbocycles. The van der Waals surface area contributed by atoms with Crippen molar-refractivity contribution in [2.24, 2.45) is 0 Å². The van der Waals surface area contributed by atoms with Gasteiger partial charge in [0.25, 0.3) is 0 Å². The summed E-state index contributed by atoms with van der Waals surface area (Å²) >= 11 is 1.20. The van der Waals surface area contributed by atoms with Gasteiger partial charge in [-0.3, -0.25) is 4.79 Å². The molecule has 0 amide bonds. The number of rotatable bonds is 7. The van der Waals surface area contributed by atoms with E-state index in [1.807, 2.05) is 0 Å². The van der Waals surface area contributed by atoms with Gasteiger partial charge in [-0.15, -0.1) is 11.8 Å². The predicted molar refractivity (Wildman–Crippen MR) is 69.3 cm³/mol. The van der Waals surface area contributed by atoms with Gasteiger partial charge in [0.05, 0.1) is 0 Å². The summed E-state index contributed by atoms with van der Waals surface area (Å²) in [5.74, 6) is -1.63. The van der Waals surface area contributed by atoms with Crippen LogP contribution in [0.15, 0.2) is 23.1 Å². The Balaban J connectivity index is 1.82. The molecule has 1 aliphatic carbocycles. The fraction of sp³-hybridized carbons (Fsp3) is 0.462. The lowest BCUT2D eigenvalue weighted by Crippen LogP contribution is -2.38. The van der Waals surface area contributed by atoms with Crippen LogP contribution in [0.2, 0.25) is 0 Å². The molecule has 6 heteroatoms. The SMILES string of the molecule is O=C(O)C(CCSc1ccc(F)cc1F)NC1CC1. The van der Waals surface area contributed by atoms with E-state index >= 15 is 0 Å².